The lowest BCUT2D eigenvalue weighted by Gasteiger charge is -2.28. The van der Waals surface area contributed by atoms with Crippen molar-refractivity contribution in [3.8, 4) is 0 Å². The third-order valence-corrected chi connectivity index (χ3v) is 6.14. The molecule has 4 aromatic rings. The molecule has 2 heteroatoms. The number of hydrogen-bond acceptors (Lipinski definition) is 2. The molecule has 5 rings (SSSR count). The Balaban J connectivity index is 1.46. The number of hydrogen-bond donors (Lipinski definition) is 0. The predicted molar refractivity (Wildman–Crippen MR) is 146 cm³/mol. The molecular formula is C32H28N2. The van der Waals surface area contributed by atoms with Crippen LogP contribution in [0.3, 0.4) is 0 Å². The molecular weight excluding hydrogens is 412 g/mol. The summed E-state index contributed by atoms with van der Waals surface area (Å²) in [5, 5.41) is 0. The molecule has 0 aromatic heterocycles. The highest BCUT2D eigenvalue weighted by Gasteiger charge is 2.15. The Morgan fingerprint density at radius 1 is 0.559 bits per heavy atom. The maximum Gasteiger partial charge on any atom is 0.0460 e. The molecule has 0 aliphatic heterocycles. The molecule has 0 fully saturated rings. The summed E-state index contributed by atoms with van der Waals surface area (Å²) in [6.45, 7) is 0. The second-order valence-electron chi connectivity index (χ2n) is 8.33. The van der Waals surface area contributed by atoms with Crippen LogP contribution in [0.2, 0.25) is 0 Å². The molecule has 2 nitrogen and oxygen atoms in total. The molecule has 0 amide bonds. The topological polar surface area (TPSA) is 6.48 Å². The normalized spacial score (nSPS) is 13.0. The van der Waals surface area contributed by atoms with Crippen molar-refractivity contribution >= 4 is 28.3 Å². The SMILES string of the molecule is CN(c1ccccc1)c1ccc(N(C2=CC=CC(c3ccccc3)=CC2)c2ccccc2)cc1. The van der Waals surface area contributed by atoms with Gasteiger partial charge in [-0.1, -0.05) is 85.0 Å². The van der Waals surface area contributed by atoms with Gasteiger partial charge in [-0.25, -0.2) is 0 Å². The first-order valence-corrected chi connectivity index (χ1v) is 11.7. The van der Waals surface area contributed by atoms with E-state index in [0.29, 0.717) is 0 Å². The van der Waals surface area contributed by atoms with E-state index >= 15 is 0 Å². The molecule has 0 saturated carbocycles. The van der Waals surface area contributed by atoms with Crippen molar-refractivity contribution in [2.24, 2.45) is 0 Å². The quantitative estimate of drug-likeness (QED) is 0.296. The predicted octanol–water partition coefficient (Wildman–Crippen LogP) is 8.52. The summed E-state index contributed by atoms with van der Waals surface area (Å²) < 4.78 is 0. The Kier molecular flexibility index (Phi) is 6.40. The maximum absolute atomic E-state index is 2.35. The highest BCUT2D eigenvalue weighted by atomic mass is 15.2. The van der Waals surface area contributed by atoms with Gasteiger partial charge in [0.1, 0.15) is 0 Å². The monoisotopic (exact) mass is 440 g/mol. The molecule has 0 N–H and O–H groups in total. The molecule has 1 aliphatic rings. The second kappa shape index (κ2) is 10.1. The molecule has 0 bridgehead atoms. The molecule has 166 valence electrons. The molecule has 34 heavy (non-hydrogen) atoms. The minimum atomic E-state index is 0.845. The van der Waals surface area contributed by atoms with Gasteiger partial charge in [-0.05, 0) is 65.7 Å². The molecule has 0 unspecified atom stereocenters. The number of anilines is 4. The molecule has 0 spiro atoms. The third kappa shape index (κ3) is 4.72. The number of allylic oxidation sites excluding steroid dienone is 5. The van der Waals surface area contributed by atoms with E-state index in [1.165, 1.54) is 22.5 Å². The fourth-order valence-corrected chi connectivity index (χ4v) is 4.31. The Hall–Kier alpha value is -4.30. The van der Waals surface area contributed by atoms with Crippen LogP contribution in [-0.4, -0.2) is 7.05 Å². The molecule has 4 aromatic carbocycles. The molecule has 0 saturated heterocycles. The van der Waals surface area contributed by atoms with Gasteiger partial charge in [-0.2, -0.15) is 0 Å². The third-order valence-electron chi connectivity index (χ3n) is 6.14. The summed E-state index contributed by atoms with van der Waals surface area (Å²) in [6.07, 6.45) is 9.75. The van der Waals surface area contributed by atoms with Crippen molar-refractivity contribution < 1.29 is 0 Å². The van der Waals surface area contributed by atoms with Crippen LogP contribution in [0.25, 0.3) is 5.57 Å². The first-order valence-electron chi connectivity index (χ1n) is 11.7. The Morgan fingerprint density at radius 3 is 1.71 bits per heavy atom. The number of rotatable bonds is 6. The number of para-hydroxylation sites is 2. The van der Waals surface area contributed by atoms with Gasteiger partial charge in [-0.3, -0.25) is 0 Å². The zero-order valence-electron chi connectivity index (χ0n) is 19.4. The lowest BCUT2D eigenvalue weighted by atomic mass is 10.0. The molecule has 0 heterocycles. The number of nitrogens with zero attached hydrogens (tertiary/aromatic N) is 2. The highest BCUT2D eigenvalue weighted by Crippen LogP contribution is 2.35. The first kappa shape index (κ1) is 21.5. The minimum Gasteiger partial charge on any atom is -0.345 e. The van der Waals surface area contributed by atoms with Crippen LogP contribution in [0.4, 0.5) is 22.7 Å². The average molecular weight is 441 g/mol. The highest BCUT2D eigenvalue weighted by molar-refractivity contribution is 5.77. The molecule has 1 aliphatic carbocycles. The zero-order chi connectivity index (χ0) is 23.2. The van der Waals surface area contributed by atoms with Crippen LogP contribution in [0.5, 0.6) is 0 Å². The molecule has 0 radical (unpaired) electrons. The van der Waals surface area contributed by atoms with Crippen LogP contribution in [0.1, 0.15) is 12.0 Å². The van der Waals surface area contributed by atoms with Crippen LogP contribution < -0.4 is 9.80 Å². The minimum absolute atomic E-state index is 0.845. The summed E-state index contributed by atoms with van der Waals surface area (Å²) in [4.78, 5) is 4.56. The van der Waals surface area contributed by atoms with Crippen LogP contribution in [-0.2, 0) is 0 Å². The standard InChI is InChI=1S/C32H28N2/c1-33(28-15-7-3-8-16-28)29-22-24-32(25-23-29)34(30-17-9-4-10-18-30)31-19-11-14-27(20-21-31)26-12-5-2-6-13-26/h2-20,22-25H,21H2,1H3. The summed E-state index contributed by atoms with van der Waals surface area (Å²) in [6, 6.07) is 40.4. The van der Waals surface area contributed by atoms with Gasteiger partial charge in [0.2, 0.25) is 0 Å². The second-order valence-corrected chi connectivity index (χ2v) is 8.33. The van der Waals surface area contributed by atoms with Crippen LogP contribution in [0, 0.1) is 0 Å². The Labute approximate surface area is 202 Å². The van der Waals surface area contributed by atoms with E-state index in [1.807, 2.05) is 6.07 Å². The van der Waals surface area contributed by atoms with E-state index in [0.717, 1.165) is 23.5 Å². The van der Waals surface area contributed by atoms with Crippen LogP contribution >= 0.6 is 0 Å². The average Bonchev–Trinajstić information content (AvgIpc) is 3.17. The fourth-order valence-electron chi connectivity index (χ4n) is 4.31. The summed E-state index contributed by atoms with van der Waals surface area (Å²) in [7, 11) is 2.10. The lowest BCUT2D eigenvalue weighted by Crippen LogP contribution is -2.16. The molecule has 0 atom stereocenters. The van der Waals surface area contributed by atoms with E-state index in [4.69, 9.17) is 0 Å². The van der Waals surface area contributed by atoms with E-state index in [9.17, 15) is 0 Å². The Bertz CT molecular complexity index is 1300. The summed E-state index contributed by atoms with van der Waals surface area (Å²) in [5.41, 5.74) is 8.36. The van der Waals surface area contributed by atoms with Gasteiger partial charge in [0.15, 0.2) is 0 Å². The van der Waals surface area contributed by atoms with Crippen molar-refractivity contribution in [1.82, 2.24) is 0 Å². The van der Waals surface area contributed by atoms with Gasteiger partial charge in [0.25, 0.3) is 0 Å². The summed E-state index contributed by atoms with van der Waals surface area (Å²) in [5.74, 6) is 0. The summed E-state index contributed by atoms with van der Waals surface area (Å²) >= 11 is 0. The maximum atomic E-state index is 2.35. The van der Waals surface area contributed by atoms with E-state index in [2.05, 4.69) is 150 Å². The first-order chi connectivity index (χ1) is 16.8. The van der Waals surface area contributed by atoms with Crippen molar-refractivity contribution in [3.63, 3.8) is 0 Å². The smallest absolute Gasteiger partial charge is 0.0460 e. The van der Waals surface area contributed by atoms with Gasteiger partial charge in [0, 0.05) is 41.9 Å². The van der Waals surface area contributed by atoms with Crippen molar-refractivity contribution in [1.29, 1.82) is 0 Å². The van der Waals surface area contributed by atoms with Gasteiger partial charge >= 0.3 is 0 Å². The number of benzene rings is 4. The largest absolute Gasteiger partial charge is 0.345 e. The van der Waals surface area contributed by atoms with Gasteiger partial charge in [0.05, 0.1) is 0 Å². The fraction of sp³-hybridized carbons (Fsp3) is 0.0625. The van der Waals surface area contributed by atoms with E-state index < -0.39 is 0 Å². The zero-order valence-corrected chi connectivity index (χ0v) is 19.4. The van der Waals surface area contributed by atoms with Crippen molar-refractivity contribution in [2.45, 2.75) is 6.42 Å². The van der Waals surface area contributed by atoms with Gasteiger partial charge in [-0.15, -0.1) is 0 Å². The van der Waals surface area contributed by atoms with E-state index in [-0.39, 0.29) is 0 Å². The van der Waals surface area contributed by atoms with Gasteiger partial charge < -0.3 is 9.80 Å². The Morgan fingerprint density at radius 2 is 1.06 bits per heavy atom. The van der Waals surface area contributed by atoms with E-state index in [1.54, 1.807) is 0 Å². The van der Waals surface area contributed by atoms with Crippen LogP contribution in [0.15, 0.2) is 145 Å². The van der Waals surface area contributed by atoms with Crippen molar-refractivity contribution in [2.75, 3.05) is 16.8 Å². The van der Waals surface area contributed by atoms with Crippen molar-refractivity contribution in [3.05, 3.63) is 151 Å². The lowest BCUT2D eigenvalue weighted by molar-refractivity contribution is 1.08.